The lowest BCUT2D eigenvalue weighted by Crippen LogP contribution is -2.44. The lowest BCUT2D eigenvalue weighted by molar-refractivity contribution is -0.123. The van der Waals surface area contributed by atoms with Gasteiger partial charge in [-0.05, 0) is 91.6 Å². The van der Waals surface area contributed by atoms with Crippen LogP contribution in [0.15, 0.2) is 78.4 Å². The zero-order chi connectivity index (χ0) is 28.3. The molecule has 206 valence electrons. The van der Waals surface area contributed by atoms with Crippen molar-refractivity contribution < 1.29 is 19.1 Å². The van der Waals surface area contributed by atoms with Crippen molar-refractivity contribution in [3.8, 4) is 0 Å². The van der Waals surface area contributed by atoms with Crippen molar-refractivity contribution in [2.24, 2.45) is 5.92 Å². The quantitative estimate of drug-likeness (QED) is 0.227. The molecule has 2 aliphatic rings. The molecule has 6 nitrogen and oxygen atoms in total. The number of fused-ring (bicyclic) bond motifs is 1. The number of benzene rings is 3. The predicted molar refractivity (Wildman–Crippen MR) is 158 cm³/mol. The number of anilines is 2. The Kier molecular flexibility index (Phi) is 8.29. The summed E-state index contributed by atoms with van der Waals surface area (Å²) in [4.78, 5) is 38.9. The fourth-order valence-corrected chi connectivity index (χ4v) is 6.43. The molecular formula is C32H30Cl2N2O4. The third-order valence-corrected chi connectivity index (χ3v) is 8.31. The first kappa shape index (κ1) is 27.9. The molecule has 2 amide bonds. The Bertz CT molecular complexity index is 1500. The van der Waals surface area contributed by atoms with Crippen molar-refractivity contribution in [3.05, 3.63) is 105 Å². The van der Waals surface area contributed by atoms with Crippen molar-refractivity contribution in [1.82, 2.24) is 0 Å². The minimum Gasteiger partial charge on any atom is -0.465 e. The highest BCUT2D eigenvalue weighted by Crippen LogP contribution is 2.50. The highest BCUT2D eigenvalue weighted by molar-refractivity contribution is 6.31. The van der Waals surface area contributed by atoms with Gasteiger partial charge in [-0.25, -0.2) is 4.79 Å². The number of amides is 2. The average Bonchev–Trinajstić information content (AvgIpc) is 3.05. The summed E-state index contributed by atoms with van der Waals surface area (Å²) in [6.45, 7) is 0. The average molecular weight is 578 g/mol. The van der Waals surface area contributed by atoms with Gasteiger partial charge >= 0.3 is 5.97 Å². The molecule has 1 heterocycles. The van der Waals surface area contributed by atoms with Crippen LogP contribution < -0.4 is 10.6 Å². The maximum absolute atomic E-state index is 13.9. The van der Waals surface area contributed by atoms with Crippen LogP contribution in [-0.4, -0.2) is 24.9 Å². The zero-order valence-corrected chi connectivity index (χ0v) is 23.6. The molecule has 0 radical (unpaired) electrons. The van der Waals surface area contributed by atoms with Crippen LogP contribution in [0.25, 0.3) is 0 Å². The first-order valence-corrected chi connectivity index (χ1v) is 14.1. The summed E-state index contributed by atoms with van der Waals surface area (Å²) >= 11 is 12.6. The second-order valence-corrected chi connectivity index (χ2v) is 11.3. The molecule has 2 atom stereocenters. The third-order valence-electron chi connectivity index (χ3n) is 7.84. The van der Waals surface area contributed by atoms with Crippen LogP contribution in [0.5, 0.6) is 0 Å². The number of halogens is 2. The van der Waals surface area contributed by atoms with Crippen LogP contribution in [0.3, 0.4) is 0 Å². The van der Waals surface area contributed by atoms with Crippen LogP contribution in [0.1, 0.15) is 53.6 Å². The monoisotopic (exact) mass is 576 g/mol. The molecule has 0 fully saturated rings. The number of allylic oxidation sites excluding steroid dienone is 1. The van der Waals surface area contributed by atoms with E-state index in [0.29, 0.717) is 34.1 Å². The van der Waals surface area contributed by atoms with Crippen molar-refractivity contribution in [3.63, 3.8) is 0 Å². The van der Waals surface area contributed by atoms with E-state index in [-0.39, 0.29) is 24.2 Å². The predicted octanol–water partition coefficient (Wildman–Crippen LogP) is 7.36. The van der Waals surface area contributed by atoms with E-state index < -0.39 is 11.4 Å². The SMILES string of the molecule is COC(=O)c1cccc(NC(=O)CC2=CCCCC(C3(Cc4cccc(Cl)c4)C(=O)Nc4cc(Cl)ccc43)C2)c1. The lowest BCUT2D eigenvalue weighted by Gasteiger charge is -2.36. The number of carbonyl (C=O) groups is 3. The number of methoxy groups -OCH3 is 1. The van der Waals surface area contributed by atoms with Gasteiger partial charge in [-0.1, -0.05) is 59.1 Å². The summed E-state index contributed by atoms with van der Waals surface area (Å²) in [5.74, 6) is -0.745. The minimum absolute atomic E-state index is 0.0434. The Labute approximate surface area is 243 Å². The lowest BCUT2D eigenvalue weighted by atomic mass is 9.64. The number of carbonyl (C=O) groups excluding carboxylic acids is 3. The fourth-order valence-electron chi connectivity index (χ4n) is 6.05. The summed E-state index contributed by atoms with van der Waals surface area (Å²) in [6.07, 6.45) is 5.99. The number of nitrogens with one attached hydrogen (secondary N) is 2. The molecule has 0 bridgehead atoms. The molecule has 40 heavy (non-hydrogen) atoms. The minimum atomic E-state index is -0.834. The van der Waals surface area contributed by atoms with E-state index in [2.05, 4.69) is 16.7 Å². The zero-order valence-electron chi connectivity index (χ0n) is 22.1. The summed E-state index contributed by atoms with van der Waals surface area (Å²) in [7, 11) is 1.32. The standard InChI is InChI=1S/C32H30Cl2N2O4/c1-40-30(38)22-8-5-11-26(17-22)35-29(37)16-20-6-2-3-9-23(14-20)32(19-21-7-4-10-24(33)15-21)27-13-12-25(34)18-28(27)36-31(32)39/h4-8,10-13,15,17-18,23H,2-3,9,14,16,19H2,1H3,(H,35,37)(H,36,39). The molecule has 3 aromatic carbocycles. The van der Waals surface area contributed by atoms with E-state index in [1.165, 1.54) is 7.11 Å². The van der Waals surface area contributed by atoms with Crippen molar-refractivity contribution in [1.29, 1.82) is 0 Å². The van der Waals surface area contributed by atoms with Gasteiger partial charge in [0.2, 0.25) is 11.8 Å². The van der Waals surface area contributed by atoms with Crippen LogP contribution in [0.4, 0.5) is 11.4 Å². The van der Waals surface area contributed by atoms with E-state index in [1.807, 2.05) is 36.4 Å². The molecule has 2 unspecified atom stereocenters. The Morgan fingerprint density at radius 1 is 1.05 bits per heavy atom. The first-order chi connectivity index (χ1) is 19.3. The van der Waals surface area contributed by atoms with Gasteiger partial charge in [0, 0.05) is 27.8 Å². The van der Waals surface area contributed by atoms with Gasteiger partial charge in [-0.15, -0.1) is 0 Å². The van der Waals surface area contributed by atoms with E-state index >= 15 is 0 Å². The molecule has 8 heteroatoms. The van der Waals surface area contributed by atoms with Crippen LogP contribution in [0, 0.1) is 5.92 Å². The summed E-state index contributed by atoms with van der Waals surface area (Å²) < 4.78 is 4.78. The Balaban J connectivity index is 1.42. The summed E-state index contributed by atoms with van der Waals surface area (Å²) in [6, 6.07) is 19.9. The van der Waals surface area contributed by atoms with Gasteiger partial charge in [-0.2, -0.15) is 0 Å². The maximum atomic E-state index is 13.9. The first-order valence-electron chi connectivity index (χ1n) is 13.3. The largest absolute Gasteiger partial charge is 0.465 e. The molecular weight excluding hydrogens is 547 g/mol. The molecule has 5 rings (SSSR count). The Morgan fingerprint density at radius 2 is 1.85 bits per heavy atom. The number of hydrogen-bond donors (Lipinski definition) is 2. The summed E-state index contributed by atoms with van der Waals surface area (Å²) in [5.41, 5.74) is 3.68. The van der Waals surface area contributed by atoms with E-state index in [0.717, 1.165) is 41.6 Å². The molecule has 2 N–H and O–H groups in total. The smallest absolute Gasteiger partial charge is 0.337 e. The highest BCUT2D eigenvalue weighted by Gasteiger charge is 2.52. The van der Waals surface area contributed by atoms with Crippen molar-refractivity contribution in [2.45, 2.75) is 43.9 Å². The molecule has 1 aliphatic heterocycles. The van der Waals surface area contributed by atoms with Gasteiger partial charge in [0.25, 0.3) is 0 Å². The highest BCUT2D eigenvalue weighted by atomic mass is 35.5. The van der Waals surface area contributed by atoms with Crippen molar-refractivity contribution in [2.75, 3.05) is 17.7 Å². The van der Waals surface area contributed by atoms with Crippen LogP contribution in [-0.2, 0) is 26.2 Å². The van der Waals surface area contributed by atoms with Crippen molar-refractivity contribution >= 4 is 52.4 Å². The molecule has 3 aromatic rings. The second kappa shape index (κ2) is 11.9. The fraction of sp³-hybridized carbons (Fsp3) is 0.281. The number of rotatable bonds is 7. The van der Waals surface area contributed by atoms with Crippen LogP contribution >= 0.6 is 23.2 Å². The molecule has 0 spiro atoms. The van der Waals surface area contributed by atoms with Gasteiger partial charge in [0.05, 0.1) is 18.1 Å². The normalized spacial score (nSPS) is 20.1. The number of ether oxygens (including phenoxy) is 1. The van der Waals surface area contributed by atoms with Gasteiger partial charge in [0.1, 0.15) is 0 Å². The molecule has 1 aliphatic carbocycles. The topological polar surface area (TPSA) is 84.5 Å². The van der Waals surface area contributed by atoms with E-state index in [1.54, 1.807) is 30.3 Å². The third kappa shape index (κ3) is 5.79. The molecule has 0 aromatic heterocycles. The van der Waals surface area contributed by atoms with E-state index in [9.17, 15) is 14.4 Å². The molecule has 0 saturated heterocycles. The second-order valence-electron chi connectivity index (χ2n) is 10.4. The van der Waals surface area contributed by atoms with Gasteiger partial charge in [-0.3, -0.25) is 9.59 Å². The van der Waals surface area contributed by atoms with Gasteiger partial charge in [0.15, 0.2) is 0 Å². The number of hydrogen-bond acceptors (Lipinski definition) is 4. The molecule has 0 saturated carbocycles. The number of esters is 1. The van der Waals surface area contributed by atoms with Gasteiger partial charge < -0.3 is 15.4 Å². The van der Waals surface area contributed by atoms with E-state index in [4.69, 9.17) is 27.9 Å². The maximum Gasteiger partial charge on any atom is 0.337 e. The summed E-state index contributed by atoms with van der Waals surface area (Å²) in [5, 5.41) is 7.18. The Hall–Kier alpha value is -3.61. The Morgan fingerprint density at radius 3 is 2.65 bits per heavy atom. The van der Waals surface area contributed by atoms with Crippen LogP contribution in [0.2, 0.25) is 10.0 Å².